The minimum atomic E-state index is -0.488. The molecule has 1 aromatic carbocycles. The summed E-state index contributed by atoms with van der Waals surface area (Å²) in [5, 5.41) is 10.6. The van der Waals surface area contributed by atoms with Crippen LogP contribution in [0.1, 0.15) is 5.89 Å². The quantitative estimate of drug-likeness (QED) is 0.538. The second-order valence-corrected chi connectivity index (χ2v) is 2.64. The van der Waals surface area contributed by atoms with Crippen molar-refractivity contribution in [1.82, 2.24) is 4.98 Å². The minimum absolute atomic E-state index is 0.0562. The molecular formula is C9H6N2O3. The van der Waals surface area contributed by atoms with Gasteiger partial charge in [0.25, 0.3) is 5.69 Å². The van der Waals surface area contributed by atoms with Gasteiger partial charge in [-0.1, -0.05) is 12.6 Å². The Morgan fingerprint density at radius 2 is 2.36 bits per heavy atom. The third-order valence-corrected chi connectivity index (χ3v) is 1.79. The van der Waals surface area contributed by atoms with Gasteiger partial charge < -0.3 is 4.42 Å². The van der Waals surface area contributed by atoms with Crippen LogP contribution >= 0.6 is 0 Å². The van der Waals surface area contributed by atoms with Crippen molar-refractivity contribution in [3.63, 3.8) is 0 Å². The third kappa shape index (κ3) is 1.15. The molecule has 0 N–H and O–H groups in total. The predicted octanol–water partition coefficient (Wildman–Crippen LogP) is 2.38. The number of hydrogen-bond donors (Lipinski definition) is 0. The Labute approximate surface area is 78.8 Å². The lowest BCUT2D eigenvalue weighted by atomic mass is 10.3. The van der Waals surface area contributed by atoms with E-state index in [0.29, 0.717) is 5.58 Å². The van der Waals surface area contributed by atoms with Crippen molar-refractivity contribution in [3.8, 4) is 0 Å². The summed E-state index contributed by atoms with van der Waals surface area (Å²) in [7, 11) is 0. The molecule has 0 bridgehead atoms. The van der Waals surface area contributed by atoms with Gasteiger partial charge in [0.15, 0.2) is 11.1 Å². The zero-order chi connectivity index (χ0) is 10.1. The summed E-state index contributed by atoms with van der Waals surface area (Å²) in [4.78, 5) is 14.0. The number of nitro groups is 1. The molecule has 0 saturated heterocycles. The summed E-state index contributed by atoms with van der Waals surface area (Å²) in [5.74, 6) is 0.286. The summed E-state index contributed by atoms with van der Waals surface area (Å²) in [6.07, 6.45) is 1.41. The van der Waals surface area contributed by atoms with E-state index in [-0.39, 0.29) is 17.1 Å². The molecule has 0 aliphatic carbocycles. The first-order chi connectivity index (χ1) is 6.72. The second kappa shape index (κ2) is 2.95. The summed E-state index contributed by atoms with van der Waals surface area (Å²) in [6.45, 7) is 3.47. The number of non-ortho nitro benzene ring substituents is 1. The average molecular weight is 190 g/mol. The molecule has 0 spiro atoms. The predicted molar refractivity (Wildman–Crippen MR) is 50.8 cm³/mol. The van der Waals surface area contributed by atoms with E-state index in [1.54, 1.807) is 12.1 Å². The first-order valence-electron chi connectivity index (χ1n) is 3.89. The first-order valence-corrected chi connectivity index (χ1v) is 3.89. The van der Waals surface area contributed by atoms with Gasteiger partial charge in [0.2, 0.25) is 5.89 Å². The van der Waals surface area contributed by atoms with Gasteiger partial charge in [-0.25, -0.2) is 4.98 Å². The van der Waals surface area contributed by atoms with E-state index in [9.17, 15) is 10.1 Å². The van der Waals surface area contributed by atoms with Crippen LogP contribution < -0.4 is 0 Å². The maximum Gasteiger partial charge on any atom is 0.298 e. The van der Waals surface area contributed by atoms with E-state index in [1.807, 2.05) is 0 Å². The number of para-hydroxylation sites is 1. The van der Waals surface area contributed by atoms with Gasteiger partial charge in [0.05, 0.1) is 4.92 Å². The van der Waals surface area contributed by atoms with Gasteiger partial charge in [-0.15, -0.1) is 0 Å². The monoisotopic (exact) mass is 190 g/mol. The topological polar surface area (TPSA) is 69.2 Å². The molecule has 2 rings (SSSR count). The van der Waals surface area contributed by atoms with Crippen LogP contribution in [-0.2, 0) is 0 Å². The van der Waals surface area contributed by atoms with Crippen molar-refractivity contribution in [3.05, 3.63) is 40.8 Å². The van der Waals surface area contributed by atoms with Gasteiger partial charge in [-0.2, -0.15) is 0 Å². The number of aromatic nitrogens is 1. The molecular weight excluding hydrogens is 184 g/mol. The second-order valence-electron chi connectivity index (χ2n) is 2.64. The fourth-order valence-electron chi connectivity index (χ4n) is 1.19. The molecule has 0 unspecified atom stereocenters. The number of rotatable bonds is 2. The molecule has 0 fully saturated rings. The van der Waals surface area contributed by atoms with E-state index in [4.69, 9.17) is 4.42 Å². The van der Waals surface area contributed by atoms with Crippen LogP contribution in [0, 0.1) is 10.1 Å². The highest BCUT2D eigenvalue weighted by Crippen LogP contribution is 2.25. The number of fused-ring (bicyclic) bond motifs is 1. The number of nitrogens with zero attached hydrogens (tertiary/aromatic N) is 2. The molecule has 14 heavy (non-hydrogen) atoms. The zero-order valence-corrected chi connectivity index (χ0v) is 7.14. The van der Waals surface area contributed by atoms with Crippen LogP contribution in [0.2, 0.25) is 0 Å². The molecule has 5 heteroatoms. The molecule has 1 aromatic heterocycles. The largest absolute Gasteiger partial charge is 0.436 e. The van der Waals surface area contributed by atoms with Gasteiger partial charge in [0, 0.05) is 6.07 Å². The Morgan fingerprint density at radius 3 is 3.00 bits per heavy atom. The summed E-state index contributed by atoms with van der Waals surface area (Å²) in [5.41, 5.74) is 0.598. The van der Waals surface area contributed by atoms with Gasteiger partial charge in [-0.05, 0) is 12.1 Å². The van der Waals surface area contributed by atoms with E-state index >= 15 is 0 Å². The van der Waals surface area contributed by atoms with Crippen LogP contribution in [0.15, 0.2) is 29.2 Å². The molecule has 5 nitrogen and oxygen atoms in total. The fourth-order valence-corrected chi connectivity index (χ4v) is 1.19. The molecule has 0 amide bonds. The van der Waals surface area contributed by atoms with Crippen molar-refractivity contribution in [2.75, 3.05) is 0 Å². The molecule has 0 atom stereocenters. The van der Waals surface area contributed by atoms with E-state index in [2.05, 4.69) is 11.6 Å². The van der Waals surface area contributed by atoms with E-state index < -0.39 is 4.92 Å². The fraction of sp³-hybridized carbons (Fsp3) is 0. The van der Waals surface area contributed by atoms with Crippen molar-refractivity contribution in [2.24, 2.45) is 0 Å². The Bertz CT molecular complexity index is 516. The molecule has 0 aliphatic heterocycles. The summed E-state index contributed by atoms with van der Waals surface area (Å²) in [6, 6.07) is 4.57. The normalized spacial score (nSPS) is 10.3. The highest BCUT2D eigenvalue weighted by atomic mass is 16.6. The average Bonchev–Trinajstić information content (AvgIpc) is 2.59. The Balaban J connectivity index is 2.79. The molecule has 0 aliphatic rings. The van der Waals surface area contributed by atoms with Crippen LogP contribution in [0.3, 0.4) is 0 Å². The standard InChI is InChI=1S/C9H6N2O3/c1-2-8-10-9-6(11(12)13)4-3-5-7(9)14-8/h2-5H,1H2. The number of nitro benzene ring substituents is 1. The Morgan fingerprint density at radius 1 is 1.57 bits per heavy atom. The highest BCUT2D eigenvalue weighted by molar-refractivity contribution is 5.83. The van der Waals surface area contributed by atoms with Crippen molar-refractivity contribution >= 4 is 22.9 Å². The molecule has 0 saturated carbocycles. The van der Waals surface area contributed by atoms with Gasteiger partial charge >= 0.3 is 0 Å². The van der Waals surface area contributed by atoms with Crippen molar-refractivity contribution in [2.45, 2.75) is 0 Å². The van der Waals surface area contributed by atoms with E-state index in [0.717, 1.165) is 0 Å². The minimum Gasteiger partial charge on any atom is -0.436 e. The number of benzene rings is 1. The lowest BCUT2D eigenvalue weighted by Gasteiger charge is -1.89. The summed E-state index contributed by atoms with van der Waals surface area (Å²) >= 11 is 0. The SMILES string of the molecule is C=Cc1nc2c([N+](=O)[O-])cccc2o1. The number of hydrogen-bond acceptors (Lipinski definition) is 4. The Kier molecular flexibility index (Phi) is 1.78. The Hall–Kier alpha value is -2.17. The van der Waals surface area contributed by atoms with Gasteiger partial charge in [0.1, 0.15) is 0 Å². The molecule has 0 radical (unpaired) electrons. The molecule has 70 valence electrons. The lowest BCUT2D eigenvalue weighted by Crippen LogP contribution is -1.88. The smallest absolute Gasteiger partial charge is 0.298 e. The number of oxazole rings is 1. The van der Waals surface area contributed by atoms with Crippen LogP contribution in [-0.4, -0.2) is 9.91 Å². The van der Waals surface area contributed by atoms with Crippen LogP contribution in [0.25, 0.3) is 17.2 Å². The lowest BCUT2D eigenvalue weighted by molar-refractivity contribution is -0.383. The molecule has 2 aromatic rings. The molecule has 1 heterocycles. The zero-order valence-electron chi connectivity index (χ0n) is 7.14. The highest BCUT2D eigenvalue weighted by Gasteiger charge is 2.15. The third-order valence-electron chi connectivity index (χ3n) is 1.79. The van der Waals surface area contributed by atoms with Crippen molar-refractivity contribution in [1.29, 1.82) is 0 Å². The van der Waals surface area contributed by atoms with Crippen molar-refractivity contribution < 1.29 is 9.34 Å². The van der Waals surface area contributed by atoms with Crippen LogP contribution in [0.5, 0.6) is 0 Å². The van der Waals surface area contributed by atoms with E-state index in [1.165, 1.54) is 12.1 Å². The maximum atomic E-state index is 10.6. The maximum absolute atomic E-state index is 10.6. The van der Waals surface area contributed by atoms with Crippen LogP contribution in [0.4, 0.5) is 5.69 Å². The summed E-state index contributed by atoms with van der Waals surface area (Å²) < 4.78 is 5.17. The van der Waals surface area contributed by atoms with Gasteiger partial charge in [-0.3, -0.25) is 10.1 Å². The first kappa shape index (κ1) is 8.43.